The molecule has 1 aromatic carbocycles. The van der Waals surface area contributed by atoms with Gasteiger partial charge in [0.15, 0.2) is 0 Å². The van der Waals surface area contributed by atoms with Crippen LogP contribution in [0, 0.1) is 0 Å². The molecule has 126 valence electrons. The minimum Gasteiger partial charge on any atom is -0.493 e. The van der Waals surface area contributed by atoms with Crippen molar-refractivity contribution in [2.45, 2.75) is 32.6 Å². The molecule has 1 aliphatic heterocycles. The lowest BCUT2D eigenvalue weighted by molar-refractivity contribution is -0.115. The summed E-state index contributed by atoms with van der Waals surface area (Å²) in [5.74, 6) is -0.120. The summed E-state index contributed by atoms with van der Waals surface area (Å²) >= 11 is 1.10. The zero-order valence-electron chi connectivity index (χ0n) is 13.6. The Morgan fingerprint density at radius 2 is 2.12 bits per heavy atom. The van der Waals surface area contributed by atoms with E-state index in [1.165, 1.54) is 0 Å². The van der Waals surface area contributed by atoms with Gasteiger partial charge in [-0.05, 0) is 34.7 Å². The highest BCUT2D eigenvalue weighted by molar-refractivity contribution is 7.18. The molecular weight excluding hydrogens is 326 g/mol. The monoisotopic (exact) mass is 345 g/mol. The fourth-order valence-corrected chi connectivity index (χ4v) is 3.85. The van der Waals surface area contributed by atoms with E-state index in [0.29, 0.717) is 11.6 Å². The fraction of sp³-hybridized carbons (Fsp3) is 0.333. The zero-order valence-corrected chi connectivity index (χ0v) is 14.4. The van der Waals surface area contributed by atoms with Gasteiger partial charge < -0.3 is 15.2 Å². The van der Waals surface area contributed by atoms with Gasteiger partial charge in [0.05, 0.1) is 18.0 Å². The smallest absolute Gasteiger partial charge is 0.346 e. The van der Waals surface area contributed by atoms with E-state index in [1.54, 1.807) is 6.07 Å². The van der Waals surface area contributed by atoms with Gasteiger partial charge in [-0.3, -0.25) is 4.79 Å². The Labute approximate surface area is 144 Å². The van der Waals surface area contributed by atoms with Crippen LogP contribution in [0.1, 0.15) is 46.1 Å². The molecule has 0 saturated carbocycles. The highest BCUT2D eigenvalue weighted by Crippen LogP contribution is 2.32. The second-order valence-corrected chi connectivity index (χ2v) is 7.17. The number of carbonyl (C=O) groups excluding carboxylic acids is 1. The van der Waals surface area contributed by atoms with Crippen molar-refractivity contribution >= 4 is 28.2 Å². The number of carboxylic acid groups (broad SMARTS) is 1. The summed E-state index contributed by atoms with van der Waals surface area (Å²) in [5, 5.41) is 12.7. The first-order chi connectivity index (χ1) is 11.4. The van der Waals surface area contributed by atoms with Gasteiger partial charge in [-0.15, -0.1) is 11.3 Å². The molecular formula is C18H19NO4S. The quantitative estimate of drug-likeness (QED) is 0.867. The summed E-state index contributed by atoms with van der Waals surface area (Å²) in [4.78, 5) is 23.9. The lowest BCUT2D eigenvalue weighted by Gasteiger charge is -2.05. The summed E-state index contributed by atoms with van der Waals surface area (Å²) in [5.41, 5.74) is 2.81. The lowest BCUT2D eigenvalue weighted by atomic mass is 10.0. The minimum atomic E-state index is -0.956. The molecule has 0 atom stereocenters. The largest absolute Gasteiger partial charge is 0.493 e. The van der Waals surface area contributed by atoms with Crippen LogP contribution in [0.2, 0.25) is 0 Å². The molecule has 2 aromatic rings. The average molecular weight is 345 g/mol. The first-order valence-corrected chi connectivity index (χ1v) is 8.67. The molecule has 2 heterocycles. The molecule has 0 aliphatic carbocycles. The molecule has 0 radical (unpaired) electrons. The van der Waals surface area contributed by atoms with Gasteiger partial charge in [-0.25, -0.2) is 4.79 Å². The van der Waals surface area contributed by atoms with Crippen LogP contribution in [-0.4, -0.2) is 23.6 Å². The van der Waals surface area contributed by atoms with Gasteiger partial charge in [0.1, 0.15) is 10.6 Å². The Kier molecular flexibility index (Phi) is 4.57. The summed E-state index contributed by atoms with van der Waals surface area (Å²) in [6, 6.07) is 7.54. The van der Waals surface area contributed by atoms with Crippen LogP contribution in [0.5, 0.6) is 5.75 Å². The third kappa shape index (κ3) is 3.43. The SMILES string of the molecule is CC(C)c1cc(NC(=O)Cc2ccc3c(c2)CCO3)sc1C(=O)O. The van der Waals surface area contributed by atoms with Crippen molar-refractivity contribution in [1.82, 2.24) is 0 Å². The molecule has 24 heavy (non-hydrogen) atoms. The van der Waals surface area contributed by atoms with Crippen molar-refractivity contribution < 1.29 is 19.4 Å². The molecule has 6 heteroatoms. The Hall–Kier alpha value is -2.34. The highest BCUT2D eigenvalue weighted by atomic mass is 32.1. The molecule has 1 aliphatic rings. The minimum absolute atomic E-state index is 0.0923. The number of fused-ring (bicyclic) bond motifs is 1. The van der Waals surface area contributed by atoms with Crippen LogP contribution in [0.25, 0.3) is 0 Å². The van der Waals surface area contributed by atoms with Crippen molar-refractivity contribution in [1.29, 1.82) is 0 Å². The van der Waals surface area contributed by atoms with E-state index in [2.05, 4.69) is 5.32 Å². The van der Waals surface area contributed by atoms with E-state index in [-0.39, 0.29) is 23.1 Å². The number of benzene rings is 1. The average Bonchev–Trinajstić information content (AvgIpc) is 3.13. The van der Waals surface area contributed by atoms with Gasteiger partial charge in [0, 0.05) is 6.42 Å². The molecule has 1 amide bonds. The molecule has 0 unspecified atom stereocenters. The topological polar surface area (TPSA) is 75.6 Å². The highest BCUT2D eigenvalue weighted by Gasteiger charge is 2.19. The van der Waals surface area contributed by atoms with Crippen LogP contribution >= 0.6 is 11.3 Å². The van der Waals surface area contributed by atoms with Crippen molar-refractivity contribution in [3.05, 3.63) is 45.8 Å². The van der Waals surface area contributed by atoms with Crippen LogP contribution in [-0.2, 0) is 17.6 Å². The Balaban J connectivity index is 1.71. The van der Waals surface area contributed by atoms with Crippen LogP contribution in [0.4, 0.5) is 5.00 Å². The Morgan fingerprint density at radius 1 is 1.33 bits per heavy atom. The molecule has 0 bridgehead atoms. The maximum atomic E-state index is 12.3. The van der Waals surface area contributed by atoms with Gasteiger partial charge in [0.25, 0.3) is 0 Å². The summed E-state index contributed by atoms with van der Waals surface area (Å²) in [6.07, 6.45) is 1.13. The lowest BCUT2D eigenvalue weighted by Crippen LogP contribution is -2.13. The van der Waals surface area contributed by atoms with Gasteiger partial charge in [0.2, 0.25) is 5.91 Å². The summed E-state index contributed by atoms with van der Waals surface area (Å²) < 4.78 is 5.46. The normalized spacial score (nSPS) is 12.8. The van der Waals surface area contributed by atoms with E-state index in [1.807, 2.05) is 32.0 Å². The van der Waals surface area contributed by atoms with Gasteiger partial charge in [-0.2, -0.15) is 0 Å². The van der Waals surface area contributed by atoms with Crippen molar-refractivity contribution in [3.8, 4) is 5.75 Å². The molecule has 3 rings (SSSR count). The third-order valence-corrected chi connectivity index (χ3v) is 5.01. The van der Waals surface area contributed by atoms with Crippen molar-refractivity contribution in [2.24, 2.45) is 0 Å². The number of rotatable bonds is 5. The number of nitrogens with one attached hydrogen (secondary N) is 1. The fourth-order valence-electron chi connectivity index (χ4n) is 2.78. The maximum Gasteiger partial charge on any atom is 0.346 e. The molecule has 5 nitrogen and oxygen atoms in total. The van der Waals surface area contributed by atoms with Crippen LogP contribution in [0.15, 0.2) is 24.3 Å². The number of hydrogen-bond donors (Lipinski definition) is 2. The van der Waals surface area contributed by atoms with Crippen LogP contribution < -0.4 is 10.1 Å². The molecule has 0 fully saturated rings. The van der Waals surface area contributed by atoms with Crippen molar-refractivity contribution in [2.75, 3.05) is 11.9 Å². The predicted octanol–water partition coefficient (Wildman–Crippen LogP) is 3.69. The van der Waals surface area contributed by atoms with E-state index < -0.39 is 5.97 Å². The van der Waals surface area contributed by atoms with E-state index in [9.17, 15) is 14.7 Å². The molecule has 0 spiro atoms. The second kappa shape index (κ2) is 6.65. The molecule has 2 N–H and O–H groups in total. The number of anilines is 1. The standard InChI is InChI=1S/C18H19NO4S/c1-10(2)13-9-16(24-17(13)18(21)22)19-15(20)8-11-3-4-14-12(7-11)5-6-23-14/h3-4,7,9-10H,5-6,8H2,1-2H3,(H,19,20)(H,21,22). The van der Waals surface area contributed by atoms with Crippen molar-refractivity contribution in [3.63, 3.8) is 0 Å². The Morgan fingerprint density at radius 3 is 2.79 bits per heavy atom. The number of amides is 1. The number of thiophene rings is 1. The van der Waals surface area contributed by atoms with E-state index in [4.69, 9.17) is 4.74 Å². The maximum absolute atomic E-state index is 12.3. The number of ether oxygens (including phenoxy) is 1. The van der Waals surface area contributed by atoms with Gasteiger partial charge >= 0.3 is 5.97 Å². The third-order valence-electron chi connectivity index (χ3n) is 3.96. The number of aromatic carboxylic acids is 1. The molecule has 1 aromatic heterocycles. The van der Waals surface area contributed by atoms with E-state index in [0.717, 1.165) is 40.2 Å². The van der Waals surface area contributed by atoms with E-state index >= 15 is 0 Å². The Bertz CT molecular complexity index is 794. The predicted molar refractivity (Wildman–Crippen MR) is 93.3 cm³/mol. The van der Waals surface area contributed by atoms with Gasteiger partial charge in [-0.1, -0.05) is 26.0 Å². The zero-order chi connectivity index (χ0) is 17.3. The second-order valence-electron chi connectivity index (χ2n) is 6.12. The number of carboxylic acids is 1. The first-order valence-electron chi connectivity index (χ1n) is 7.85. The first kappa shape index (κ1) is 16.5. The number of carbonyl (C=O) groups is 2. The summed E-state index contributed by atoms with van der Waals surface area (Å²) in [7, 11) is 0. The summed E-state index contributed by atoms with van der Waals surface area (Å²) in [6.45, 7) is 4.57. The van der Waals surface area contributed by atoms with Crippen LogP contribution in [0.3, 0.4) is 0 Å². The number of hydrogen-bond acceptors (Lipinski definition) is 4. The molecule has 0 saturated heterocycles.